The maximum Gasteiger partial charge on any atom is 0.182 e. The minimum atomic E-state index is -0.410. The maximum absolute atomic E-state index is 14.0. The van der Waals surface area contributed by atoms with Gasteiger partial charge in [0, 0.05) is 16.7 Å². The minimum Gasteiger partial charge on any atom is -0.211 e. The van der Waals surface area contributed by atoms with Crippen LogP contribution in [0.3, 0.4) is 0 Å². The first-order valence-corrected chi connectivity index (χ1v) is 9.55. The van der Waals surface area contributed by atoms with Crippen LogP contribution in [0.2, 0.25) is 0 Å². The van der Waals surface area contributed by atoms with E-state index in [1.807, 2.05) is 30.3 Å². The molecule has 0 radical (unpaired) electrons. The Hall–Kier alpha value is -4.37. The first kappa shape index (κ1) is 18.6. The Morgan fingerprint density at radius 3 is 2.06 bits per heavy atom. The third-order valence-electron chi connectivity index (χ3n) is 5.01. The monoisotopic (exact) mass is 408 g/mol. The second-order valence-electron chi connectivity index (χ2n) is 6.99. The number of pyridine rings is 1. The van der Waals surface area contributed by atoms with Gasteiger partial charge in [-0.1, -0.05) is 54.6 Å². The summed E-state index contributed by atoms with van der Waals surface area (Å²) in [5.74, 6) is -0.521. The molecule has 0 amide bonds. The maximum atomic E-state index is 14.0. The van der Waals surface area contributed by atoms with E-state index in [0.29, 0.717) is 33.6 Å². The summed E-state index contributed by atoms with van der Waals surface area (Å²) in [6.07, 6.45) is 0. The zero-order valence-electron chi connectivity index (χ0n) is 16.1. The molecule has 0 saturated carbocycles. The van der Waals surface area contributed by atoms with Gasteiger partial charge in [-0.05, 0) is 35.9 Å². The molecule has 0 fully saturated rings. The van der Waals surface area contributed by atoms with Crippen LogP contribution in [0, 0.1) is 23.0 Å². The van der Waals surface area contributed by atoms with E-state index in [9.17, 15) is 14.0 Å². The van der Waals surface area contributed by atoms with Crippen molar-refractivity contribution in [1.29, 1.82) is 5.26 Å². The third-order valence-corrected chi connectivity index (χ3v) is 5.01. The second-order valence-corrected chi connectivity index (χ2v) is 6.99. The molecule has 2 heterocycles. The van der Waals surface area contributed by atoms with Gasteiger partial charge in [-0.2, -0.15) is 5.26 Å². The van der Waals surface area contributed by atoms with Crippen LogP contribution in [0.1, 0.15) is 5.56 Å². The first-order chi connectivity index (χ1) is 15.1. The van der Waals surface area contributed by atoms with Crippen molar-refractivity contribution in [3.05, 3.63) is 102 Å². The molecule has 0 unspecified atom stereocenters. The summed E-state index contributed by atoms with van der Waals surface area (Å²) >= 11 is 0. The average Bonchev–Trinajstić information content (AvgIpc) is 3.24. The van der Waals surface area contributed by atoms with Crippen LogP contribution in [0.25, 0.3) is 39.4 Å². The summed E-state index contributed by atoms with van der Waals surface area (Å²) in [6.45, 7) is 0. The number of nitriles is 1. The topological polar surface area (TPSA) is 54.0 Å². The van der Waals surface area contributed by atoms with Crippen LogP contribution in [-0.4, -0.2) is 14.6 Å². The summed E-state index contributed by atoms with van der Waals surface area (Å²) in [5, 5.41) is 14.5. The molecule has 0 atom stereocenters. The number of hydrogen-bond acceptors (Lipinski definition) is 3. The summed E-state index contributed by atoms with van der Waals surface area (Å²) in [5.41, 5.74) is 3.79. The molecule has 0 aliphatic rings. The predicted octanol–water partition coefficient (Wildman–Crippen LogP) is 5.88. The van der Waals surface area contributed by atoms with Gasteiger partial charge in [0.25, 0.3) is 0 Å². The fraction of sp³-hybridized carbons (Fsp3) is 0. The zero-order valence-corrected chi connectivity index (χ0v) is 16.1. The molecular weight excluding hydrogens is 394 g/mol. The summed E-state index contributed by atoms with van der Waals surface area (Å²) in [6, 6.07) is 25.6. The third kappa shape index (κ3) is 3.32. The number of fused-ring (bicyclic) bond motifs is 1. The van der Waals surface area contributed by atoms with Crippen molar-refractivity contribution in [1.82, 2.24) is 14.6 Å². The Morgan fingerprint density at radius 1 is 0.742 bits per heavy atom. The molecular formula is C25H14F2N4. The molecule has 5 rings (SSSR count). The van der Waals surface area contributed by atoms with Gasteiger partial charge < -0.3 is 0 Å². The van der Waals surface area contributed by atoms with Crippen molar-refractivity contribution in [2.24, 2.45) is 0 Å². The highest BCUT2D eigenvalue weighted by atomic mass is 19.1. The number of benzene rings is 3. The molecule has 0 bridgehead atoms. The lowest BCUT2D eigenvalue weighted by atomic mass is 9.98. The van der Waals surface area contributed by atoms with Crippen LogP contribution >= 0.6 is 0 Å². The highest BCUT2D eigenvalue weighted by Crippen LogP contribution is 2.33. The lowest BCUT2D eigenvalue weighted by Gasteiger charge is -2.11. The van der Waals surface area contributed by atoms with E-state index in [1.165, 1.54) is 28.8 Å². The fourth-order valence-electron chi connectivity index (χ4n) is 3.59. The van der Waals surface area contributed by atoms with E-state index in [2.05, 4.69) is 16.2 Å². The van der Waals surface area contributed by atoms with E-state index in [4.69, 9.17) is 0 Å². The molecule has 0 saturated heterocycles. The van der Waals surface area contributed by atoms with Crippen molar-refractivity contribution >= 4 is 5.65 Å². The minimum absolute atomic E-state index is 0.277. The predicted molar refractivity (Wildman–Crippen MR) is 114 cm³/mol. The van der Waals surface area contributed by atoms with Crippen LogP contribution in [0.4, 0.5) is 8.78 Å². The van der Waals surface area contributed by atoms with Crippen molar-refractivity contribution < 1.29 is 8.78 Å². The van der Waals surface area contributed by atoms with Gasteiger partial charge in [-0.15, -0.1) is 5.10 Å². The van der Waals surface area contributed by atoms with Crippen LogP contribution in [-0.2, 0) is 0 Å². The number of nitrogens with zero attached hydrogens (tertiary/aromatic N) is 4. The SMILES string of the molecule is N#Cc1c(-c2ccccc2)cc(-c2cccc(F)c2)n2nc(-c3cccc(F)c3)nc12. The van der Waals surface area contributed by atoms with Crippen LogP contribution in [0.5, 0.6) is 0 Å². The van der Waals surface area contributed by atoms with Crippen molar-refractivity contribution in [2.45, 2.75) is 0 Å². The highest BCUT2D eigenvalue weighted by Gasteiger charge is 2.19. The molecule has 6 heteroatoms. The molecule has 148 valence electrons. The molecule has 31 heavy (non-hydrogen) atoms. The lowest BCUT2D eigenvalue weighted by Crippen LogP contribution is -2.00. The van der Waals surface area contributed by atoms with E-state index < -0.39 is 5.82 Å². The van der Waals surface area contributed by atoms with Gasteiger partial charge in [0.2, 0.25) is 0 Å². The Labute approximate surface area is 176 Å². The smallest absolute Gasteiger partial charge is 0.182 e. The number of rotatable bonds is 3. The number of halogens is 2. The average molecular weight is 408 g/mol. The van der Waals surface area contributed by atoms with E-state index in [-0.39, 0.29) is 11.6 Å². The van der Waals surface area contributed by atoms with E-state index in [0.717, 1.165) is 5.56 Å². The molecule has 3 aromatic carbocycles. The molecule has 0 N–H and O–H groups in total. The Morgan fingerprint density at radius 2 is 1.39 bits per heavy atom. The van der Waals surface area contributed by atoms with Crippen LogP contribution in [0.15, 0.2) is 84.9 Å². The van der Waals surface area contributed by atoms with Crippen molar-refractivity contribution in [3.8, 4) is 39.8 Å². The van der Waals surface area contributed by atoms with E-state index in [1.54, 1.807) is 30.3 Å². The first-order valence-electron chi connectivity index (χ1n) is 9.55. The largest absolute Gasteiger partial charge is 0.211 e. The lowest BCUT2D eigenvalue weighted by molar-refractivity contribution is 0.627. The zero-order chi connectivity index (χ0) is 21.4. The second kappa shape index (κ2) is 7.47. The van der Waals surface area contributed by atoms with E-state index >= 15 is 0 Å². The normalized spacial score (nSPS) is 10.9. The van der Waals surface area contributed by atoms with Crippen molar-refractivity contribution in [2.75, 3.05) is 0 Å². The molecule has 5 aromatic rings. The number of hydrogen-bond donors (Lipinski definition) is 0. The Kier molecular flexibility index (Phi) is 4.49. The number of aromatic nitrogens is 3. The van der Waals surface area contributed by atoms with Gasteiger partial charge in [0.15, 0.2) is 11.5 Å². The summed E-state index contributed by atoms with van der Waals surface area (Å²) in [4.78, 5) is 4.56. The standard InChI is InChI=1S/C25H14F2N4/c26-19-10-4-8-17(12-19)23-14-21(16-6-2-1-3-7-16)22(15-28)25-29-24(30-31(23)25)18-9-5-11-20(27)13-18/h1-14H. The quantitative estimate of drug-likeness (QED) is 0.375. The van der Waals surface area contributed by atoms with Gasteiger partial charge in [-0.3, -0.25) is 0 Å². The van der Waals surface area contributed by atoms with Gasteiger partial charge in [0.1, 0.15) is 23.3 Å². The van der Waals surface area contributed by atoms with Crippen LogP contribution < -0.4 is 0 Å². The Balaban J connectivity index is 1.86. The van der Waals surface area contributed by atoms with Gasteiger partial charge in [0.05, 0.1) is 5.69 Å². The summed E-state index contributed by atoms with van der Waals surface area (Å²) in [7, 11) is 0. The molecule has 2 aromatic heterocycles. The van der Waals surface area contributed by atoms with Gasteiger partial charge in [-0.25, -0.2) is 18.3 Å². The summed E-state index contributed by atoms with van der Waals surface area (Å²) < 4.78 is 29.3. The van der Waals surface area contributed by atoms with Crippen molar-refractivity contribution in [3.63, 3.8) is 0 Å². The van der Waals surface area contributed by atoms with Gasteiger partial charge >= 0.3 is 0 Å². The molecule has 0 aliphatic carbocycles. The molecule has 0 spiro atoms. The Bertz CT molecular complexity index is 1470. The molecule has 0 aliphatic heterocycles. The fourth-order valence-corrected chi connectivity index (χ4v) is 3.59. The molecule has 4 nitrogen and oxygen atoms in total. The highest BCUT2D eigenvalue weighted by molar-refractivity contribution is 5.83.